The molecule has 2 saturated heterocycles. The topological polar surface area (TPSA) is 39.3 Å². The van der Waals surface area contributed by atoms with Crippen molar-refractivity contribution in [1.82, 2.24) is 14.8 Å². The maximum atomic E-state index is 13.3. The highest BCUT2D eigenvalue weighted by molar-refractivity contribution is 7.09. The van der Waals surface area contributed by atoms with E-state index in [0.717, 1.165) is 26.2 Å². The Labute approximate surface area is 169 Å². The summed E-state index contributed by atoms with van der Waals surface area (Å²) in [5, 5.41) is 2.15. The number of fused-ring (bicyclic) bond motifs is 1. The second kappa shape index (κ2) is 7.22. The Balaban J connectivity index is 1.44. The molecule has 1 N–H and O–H groups in total. The Morgan fingerprint density at radius 2 is 2.00 bits per heavy atom. The third-order valence-electron chi connectivity index (χ3n) is 6.30. The summed E-state index contributed by atoms with van der Waals surface area (Å²) >= 11 is 1.83. The summed E-state index contributed by atoms with van der Waals surface area (Å²) in [6.45, 7) is 6.14. The van der Waals surface area contributed by atoms with Crippen LogP contribution in [-0.4, -0.2) is 40.3 Å². The van der Waals surface area contributed by atoms with E-state index in [1.165, 1.54) is 16.0 Å². The average molecular weight is 392 g/mol. The first kappa shape index (κ1) is 17.7. The van der Waals surface area contributed by atoms with Crippen LogP contribution in [0.3, 0.4) is 0 Å². The Kier molecular flexibility index (Phi) is 4.57. The number of aromatic amines is 1. The van der Waals surface area contributed by atoms with Crippen LogP contribution in [0.1, 0.15) is 32.5 Å². The minimum absolute atomic E-state index is 0.123. The molecule has 144 valence electrons. The molecule has 0 saturated carbocycles. The van der Waals surface area contributed by atoms with Crippen molar-refractivity contribution >= 4 is 17.2 Å². The van der Waals surface area contributed by atoms with Crippen molar-refractivity contribution in [3.05, 3.63) is 81.8 Å². The molecule has 4 heterocycles. The molecule has 2 aliphatic rings. The van der Waals surface area contributed by atoms with Gasteiger partial charge < -0.3 is 9.88 Å². The van der Waals surface area contributed by atoms with Crippen LogP contribution < -0.4 is 0 Å². The molecule has 2 fully saturated rings. The number of likely N-dealkylation sites (tertiary alicyclic amines) is 2. The van der Waals surface area contributed by atoms with Crippen LogP contribution in [0.5, 0.6) is 0 Å². The van der Waals surface area contributed by atoms with Crippen LogP contribution in [0.25, 0.3) is 0 Å². The molecule has 0 unspecified atom stereocenters. The molecule has 5 heteroatoms. The van der Waals surface area contributed by atoms with Gasteiger partial charge in [0.25, 0.3) is 5.91 Å². The third-order valence-corrected chi connectivity index (χ3v) is 7.16. The summed E-state index contributed by atoms with van der Waals surface area (Å²) in [6.07, 6.45) is 1.83. The number of carbonyl (C=O) groups excluding carboxylic acids is 1. The van der Waals surface area contributed by atoms with E-state index in [9.17, 15) is 4.79 Å². The quantitative estimate of drug-likeness (QED) is 0.719. The number of nitrogens with zero attached hydrogens (tertiary/aromatic N) is 2. The summed E-state index contributed by atoms with van der Waals surface area (Å²) in [7, 11) is 0. The molecule has 0 aliphatic carbocycles. The van der Waals surface area contributed by atoms with Gasteiger partial charge >= 0.3 is 0 Å². The van der Waals surface area contributed by atoms with Crippen molar-refractivity contribution in [2.75, 3.05) is 19.6 Å². The summed E-state index contributed by atoms with van der Waals surface area (Å²) in [4.78, 5) is 22.5. The lowest BCUT2D eigenvalue weighted by atomic mass is 9.87. The predicted octanol–water partition coefficient (Wildman–Crippen LogP) is 4.33. The first-order chi connectivity index (χ1) is 13.7. The Hall–Kier alpha value is -2.37. The van der Waals surface area contributed by atoms with Gasteiger partial charge in [0.05, 0.1) is 6.04 Å². The van der Waals surface area contributed by atoms with Crippen LogP contribution in [0, 0.1) is 18.8 Å². The number of aromatic nitrogens is 1. The molecular formula is C23H25N3OS. The minimum atomic E-state index is 0.123. The molecule has 4 nitrogen and oxygen atoms in total. The maximum Gasteiger partial charge on any atom is 0.270 e. The van der Waals surface area contributed by atoms with Crippen LogP contribution in [0.15, 0.2) is 60.1 Å². The van der Waals surface area contributed by atoms with Gasteiger partial charge in [0.15, 0.2) is 0 Å². The van der Waals surface area contributed by atoms with Crippen LogP contribution in [-0.2, 0) is 6.54 Å². The van der Waals surface area contributed by atoms with Crippen LogP contribution >= 0.6 is 11.3 Å². The molecule has 5 rings (SSSR count). The van der Waals surface area contributed by atoms with Crippen LogP contribution in [0.2, 0.25) is 0 Å². The normalized spacial score (nSPS) is 24.6. The van der Waals surface area contributed by atoms with E-state index in [0.29, 0.717) is 17.5 Å². The second-order valence-electron chi connectivity index (χ2n) is 8.04. The van der Waals surface area contributed by atoms with E-state index in [-0.39, 0.29) is 11.9 Å². The van der Waals surface area contributed by atoms with Gasteiger partial charge in [-0.3, -0.25) is 9.69 Å². The zero-order chi connectivity index (χ0) is 19.1. The number of carbonyl (C=O) groups is 1. The van der Waals surface area contributed by atoms with Gasteiger partial charge in [-0.25, -0.2) is 0 Å². The average Bonchev–Trinajstić information content (AvgIpc) is 3.47. The number of H-pyrrole nitrogens is 1. The fraction of sp³-hybridized carbons (Fsp3) is 0.348. The molecule has 2 aromatic heterocycles. The molecule has 0 bridgehead atoms. The van der Waals surface area contributed by atoms with Crippen molar-refractivity contribution in [1.29, 1.82) is 0 Å². The second-order valence-corrected chi connectivity index (χ2v) is 9.07. The van der Waals surface area contributed by atoms with Gasteiger partial charge in [-0.15, -0.1) is 11.3 Å². The molecule has 2 aliphatic heterocycles. The Morgan fingerprint density at radius 3 is 2.75 bits per heavy atom. The maximum absolute atomic E-state index is 13.3. The van der Waals surface area contributed by atoms with Gasteiger partial charge in [-0.2, -0.15) is 0 Å². The van der Waals surface area contributed by atoms with Gasteiger partial charge in [0.2, 0.25) is 0 Å². The zero-order valence-corrected chi connectivity index (χ0v) is 16.9. The number of rotatable bonds is 4. The first-order valence-corrected chi connectivity index (χ1v) is 10.8. The molecule has 3 aromatic rings. The van der Waals surface area contributed by atoms with E-state index in [1.807, 2.05) is 29.7 Å². The minimum Gasteiger partial charge on any atom is -0.357 e. The van der Waals surface area contributed by atoms with E-state index >= 15 is 0 Å². The third kappa shape index (κ3) is 3.09. The zero-order valence-electron chi connectivity index (χ0n) is 16.0. The standard InChI is InChI=1S/C23H25N3OS/c1-16-6-2-3-8-19(16)22-20-15-25(14-18-7-5-11-28-18)12-17(20)13-26(22)23(27)21-9-4-10-24-21/h2-11,17,20,22,24H,12-15H2,1H3/t17-,20-,22+/m0/s1. The molecular weight excluding hydrogens is 366 g/mol. The molecule has 3 atom stereocenters. The first-order valence-electron chi connectivity index (χ1n) is 9.95. The van der Waals surface area contributed by atoms with Gasteiger partial charge in [0, 0.05) is 43.2 Å². The summed E-state index contributed by atoms with van der Waals surface area (Å²) in [5.41, 5.74) is 3.26. The van der Waals surface area contributed by atoms with E-state index in [1.54, 1.807) is 0 Å². The fourth-order valence-electron chi connectivity index (χ4n) is 5.03. The summed E-state index contributed by atoms with van der Waals surface area (Å²) < 4.78 is 0. The number of amides is 1. The number of thiophene rings is 1. The van der Waals surface area contributed by atoms with Crippen molar-refractivity contribution < 1.29 is 4.79 Å². The van der Waals surface area contributed by atoms with Gasteiger partial charge in [-0.1, -0.05) is 30.3 Å². The molecule has 0 radical (unpaired) electrons. The monoisotopic (exact) mass is 391 g/mol. The van der Waals surface area contributed by atoms with Crippen molar-refractivity contribution in [2.24, 2.45) is 11.8 Å². The lowest BCUT2D eigenvalue weighted by Crippen LogP contribution is -2.36. The van der Waals surface area contributed by atoms with Gasteiger partial charge in [0.1, 0.15) is 5.69 Å². The van der Waals surface area contributed by atoms with Crippen molar-refractivity contribution in [3.63, 3.8) is 0 Å². The van der Waals surface area contributed by atoms with E-state index < -0.39 is 0 Å². The highest BCUT2D eigenvalue weighted by Gasteiger charge is 2.49. The number of hydrogen-bond donors (Lipinski definition) is 1. The van der Waals surface area contributed by atoms with E-state index in [2.05, 4.69) is 63.5 Å². The Morgan fingerprint density at radius 1 is 1.11 bits per heavy atom. The summed E-state index contributed by atoms with van der Waals surface area (Å²) in [6, 6.07) is 16.8. The number of hydrogen-bond acceptors (Lipinski definition) is 3. The molecule has 28 heavy (non-hydrogen) atoms. The molecule has 1 amide bonds. The van der Waals surface area contributed by atoms with Gasteiger partial charge in [-0.05, 0) is 47.5 Å². The van der Waals surface area contributed by atoms with E-state index in [4.69, 9.17) is 0 Å². The number of aryl methyl sites for hydroxylation is 1. The fourth-order valence-corrected chi connectivity index (χ4v) is 5.78. The van der Waals surface area contributed by atoms with Crippen LogP contribution in [0.4, 0.5) is 0 Å². The molecule has 1 aromatic carbocycles. The van der Waals surface area contributed by atoms with Crippen molar-refractivity contribution in [3.8, 4) is 0 Å². The van der Waals surface area contributed by atoms with Crippen molar-refractivity contribution in [2.45, 2.75) is 19.5 Å². The summed E-state index contributed by atoms with van der Waals surface area (Å²) in [5.74, 6) is 1.14. The lowest BCUT2D eigenvalue weighted by Gasteiger charge is -2.30. The SMILES string of the molecule is Cc1ccccc1[C@@H]1[C@H]2CN(Cc3cccs3)C[C@H]2CN1C(=O)c1ccc[nH]1. The number of nitrogens with one attached hydrogen (secondary N) is 1. The highest BCUT2D eigenvalue weighted by Crippen LogP contribution is 2.46. The lowest BCUT2D eigenvalue weighted by molar-refractivity contribution is 0.0694. The smallest absolute Gasteiger partial charge is 0.270 e. The largest absolute Gasteiger partial charge is 0.357 e. The predicted molar refractivity (Wildman–Crippen MR) is 112 cm³/mol. The Bertz CT molecular complexity index is 950. The highest BCUT2D eigenvalue weighted by atomic mass is 32.1. The number of benzene rings is 1. The molecule has 0 spiro atoms.